The van der Waals surface area contributed by atoms with Crippen molar-refractivity contribution in [2.75, 3.05) is 20.6 Å². The van der Waals surface area contributed by atoms with Crippen LogP contribution >= 0.6 is 0 Å². The first-order valence-electron chi connectivity index (χ1n) is 5.60. The monoisotopic (exact) mass is 237 g/mol. The molecule has 0 bridgehead atoms. The Balaban J connectivity index is 2.26. The molecular formula is C13H19NO3. The summed E-state index contributed by atoms with van der Waals surface area (Å²) < 4.78 is 5.06. The van der Waals surface area contributed by atoms with Crippen molar-refractivity contribution in [1.82, 2.24) is 4.90 Å². The van der Waals surface area contributed by atoms with Crippen LogP contribution in [0.15, 0.2) is 30.3 Å². The molecule has 0 aliphatic rings. The maximum absolute atomic E-state index is 11.4. The van der Waals surface area contributed by atoms with E-state index in [1.54, 1.807) is 0 Å². The molecule has 1 atom stereocenters. The van der Waals surface area contributed by atoms with Crippen LogP contribution in [0.5, 0.6) is 0 Å². The topological polar surface area (TPSA) is 49.8 Å². The number of hydrogen-bond donors (Lipinski definition) is 1. The minimum absolute atomic E-state index is 0.0328. The van der Waals surface area contributed by atoms with Gasteiger partial charge in [-0.15, -0.1) is 0 Å². The van der Waals surface area contributed by atoms with Gasteiger partial charge in [0.2, 0.25) is 0 Å². The van der Waals surface area contributed by atoms with Crippen molar-refractivity contribution in [3.63, 3.8) is 0 Å². The Morgan fingerprint density at radius 2 is 2.00 bits per heavy atom. The molecule has 1 aromatic rings. The van der Waals surface area contributed by atoms with Crippen LogP contribution in [0.25, 0.3) is 0 Å². The number of carbonyl (C=O) groups excluding carboxylic acids is 1. The van der Waals surface area contributed by atoms with Gasteiger partial charge in [0.15, 0.2) is 0 Å². The standard InChI is InChI=1S/C13H19NO3/c1-14(2)9-12(15)8-13(16)17-10-11-6-4-3-5-7-11/h3-7,12,15H,8-10H2,1-2H3/t12-/m0/s1. The van der Waals surface area contributed by atoms with Crippen molar-refractivity contribution in [3.8, 4) is 0 Å². The number of likely N-dealkylation sites (N-methyl/N-ethyl adjacent to an activating group) is 1. The van der Waals surface area contributed by atoms with Gasteiger partial charge in [-0.25, -0.2) is 0 Å². The molecule has 4 heteroatoms. The van der Waals surface area contributed by atoms with Gasteiger partial charge in [-0.05, 0) is 19.7 Å². The molecule has 0 aliphatic heterocycles. The fourth-order valence-corrected chi connectivity index (χ4v) is 1.48. The molecule has 0 aliphatic carbocycles. The summed E-state index contributed by atoms with van der Waals surface area (Å²) in [7, 11) is 3.69. The summed E-state index contributed by atoms with van der Waals surface area (Å²) in [6.07, 6.45) is -0.640. The number of ether oxygens (including phenoxy) is 1. The van der Waals surface area contributed by atoms with Crippen LogP contribution in [0.3, 0.4) is 0 Å². The third-order valence-electron chi connectivity index (χ3n) is 2.22. The third kappa shape index (κ3) is 6.04. The summed E-state index contributed by atoms with van der Waals surface area (Å²) in [5.74, 6) is -0.372. The molecule has 1 rings (SSSR count). The molecule has 0 fully saturated rings. The van der Waals surface area contributed by atoms with E-state index in [9.17, 15) is 9.90 Å². The number of nitrogens with zero attached hydrogens (tertiary/aromatic N) is 1. The van der Waals surface area contributed by atoms with Crippen molar-refractivity contribution >= 4 is 5.97 Å². The maximum atomic E-state index is 11.4. The second kappa shape index (κ2) is 7.04. The second-order valence-corrected chi connectivity index (χ2v) is 4.27. The van der Waals surface area contributed by atoms with Crippen molar-refractivity contribution in [1.29, 1.82) is 0 Å². The van der Waals surface area contributed by atoms with E-state index in [1.165, 1.54) is 0 Å². The van der Waals surface area contributed by atoms with Crippen molar-refractivity contribution < 1.29 is 14.6 Å². The lowest BCUT2D eigenvalue weighted by atomic mass is 10.2. The molecule has 0 spiro atoms. The van der Waals surface area contributed by atoms with E-state index < -0.39 is 6.10 Å². The Morgan fingerprint density at radius 1 is 1.35 bits per heavy atom. The Hall–Kier alpha value is -1.39. The highest BCUT2D eigenvalue weighted by atomic mass is 16.5. The number of hydrogen-bond acceptors (Lipinski definition) is 4. The Labute approximate surface area is 102 Å². The minimum Gasteiger partial charge on any atom is -0.461 e. The Bertz CT molecular complexity index is 338. The van der Waals surface area contributed by atoms with E-state index in [-0.39, 0.29) is 19.0 Å². The predicted molar refractivity (Wildman–Crippen MR) is 65.4 cm³/mol. The minimum atomic E-state index is -0.673. The zero-order valence-corrected chi connectivity index (χ0v) is 10.3. The van der Waals surface area contributed by atoms with Crippen LogP contribution in [-0.2, 0) is 16.1 Å². The summed E-state index contributed by atoms with van der Waals surface area (Å²) in [6, 6.07) is 9.48. The van der Waals surface area contributed by atoms with Gasteiger partial charge in [-0.1, -0.05) is 30.3 Å². The predicted octanol–water partition coefficient (Wildman–Crippen LogP) is 1.04. The molecule has 0 aromatic heterocycles. The third-order valence-corrected chi connectivity index (χ3v) is 2.22. The lowest BCUT2D eigenvalue weighted by molar-refractivity contribution is -0.147. The lowest BCUT2D eigenvalue weighted by Gasteiger charge is -2.15. The van der Waals surface area contributed by atoms with E-state index in [4.69, 9.17) is 4.74 Å². The Morgan fingerprint density at radius 3 is 2.59 bits per heavy atom. The van der Waals surface area contributed by atoms with Gasteiger partial charge in [0.1, 0.15) is 6.61 Å². The number of benzene rings is 1. The molecule has 0 heterocycles. The molecule has 0 saturated heterocycles. The van der Waals surface area contributed by atoms with E-state index in [1.807, 2.05) is 49.3 Å². The van der Waals surface area contributed by atoms with Gasteiger partial charge >= 0.3 is 5.97 Å². The van der Waals surface area contributed by atoms with Gasteiger partial charge in [0.25, 0.3) is 0 Å². The molecule has 1 aromatic carbocycles. The van der Waals surface area contributed by atoms with Crippen LogP contribution < -0.4 is 0 Å². The van der Waals surface area contributed by atoms with Gasteiger partial charge < -0.3 is 14.7 Å². The average Bonchev–Trinajstić information content (AvgIpc) is 2.26. The first-order chi connectivity index (χ1) is 8.08. The van der Waals surface area contributed by atoms with Crippen LogP contribution in [0.2, 0.25) is 0 Å². The highest BCUT2D eigenvalue weighted by Gasteiger charge is 2.12. The fourth-order valence-electron chi connectivity index (χ4n) is 1.48. The zero-order chi connectivity index (χ0) is 12.7. The van der Waals surface area contributed by atoms with Gasteiger partial charge in [0.05, 0.1) is 12.5 Å². The van der Waals surface area contributed by atoms with E-state index >= 15 is 0 Å². The van der Waals surface area contributed by atoms with Gasteiger partial charge in [-0.3, -0.25) is 4.79 Å². The van der Waals surface area contributed by atoms with E-state index in [2.05, 4.69) is 0 Å². The van der Waals surface area contributed by atoms with Crippen LogP contribution in [-0.4, -0.2) is 42.7 Å². The maximum Gasteiger partial charge on any atom is 0.308 e. The summed E-state index contributed by atoms with van der Waals surface area (Å²) in [4.78, 5) is 13.2. The molecule has 0 unspecified atom stereocenters. The van der Waals surface area contributed by atoms with Crippen molar-refractivity contribution in [2.24, 2.45) is 0 Å². The molecule has 0 amide bonds. The molecule has 4 nitrogen and oxygen atoms in total. The van der Waals surface area contributed by atoms with Crippen molar-refractivity contribution in [2.45, 2.75) is 19.1 Å². The zero-order valence-electron chi connectivity index (χ0n) is 10.3. The number of rotatable bonds is 6. The highest BCUT2D eigenvalue weighted by Crippen LogP contribution is 2.03. The SMILES string of the molecule is CN(C)C[C@@H](O)CC(=O)OCc1ccccc1. The number of aliphatic hydroxyl groups excluding tert-OH is 1. The fraction of sp³-hybridized carbons (Fsp3) is 0.462. The number of esters is 1. The first kappa shape index (κ1) is 13.7. The highest BCUT2D eigenvalue weighted by molar-refractivity contribution is 5.69. The normalized spacial score (nSPS) is 12.5. The molecule has 0 radical (unpaired) electrons. The summed E-state index contributed by atoms with van der Waals surface area (Å²) in [6.45, 7) is 0.717. The van der Waals surface area contributed by atoms with Gasteiger partial charge in [-0.2, -0.15) is 0 Å². The van der Waals surface area contributed by atoms with Crippen LogP contribution in [0.4, 0.5) is 0 Å². The summed E-state index contributed by atoms with van der Waals surface area (Å²) in [5, 5.41) is 9.54. The van der Waals surface area contributed by atoms with E-state index in [0.717, 1.165) is 5.56 Å². The van der Waals surface area contributed by atoms with Crippen molar-refractivity contribution in [3.05, 3.63) is 35.9 Å². The average molecular weight is 237 g/mol. The lowest BCUT2D eigenvalue weighted by Crippen LogP contribution is -2.28. The van der Waals surface area contributed by atoms with Crippen LogP contribution in [0, 0.1) is 0 Å². The Kier molecular flexibility index (Phi) is 5.66. The number of aliphatic hydroxyl groups is 1. The van der Waals surface area contributed by atoms with Crippen LogP contribution in [0.1, 0.15) is 12.0 Å². The first-order valence-corrected chi connectivity index (χ1v) is 5.60. The van der Waals surface area contributed by atoms with E-state index in [0.29, 0.717) is 6.54 Å². The second-order valence-electron chi connectivity index (χ2n) is 4.27. The molecule has 1 N–H and O–H groups in total. The smallest absolute Gasteiger partial charge is 0.308 e. The quantitative estimate of drug-likeness (QED) is 0.751. The summed E-state index contributed by atoms with van der Waals surface area (Å²) in [5.41, 5.74) is 0.947. The molecule has 17 heavy (non-hydrogen) atoms. The largest absolute Gasteiger partial charge is 0.461 e. The molecule has 0 saturated carbocycles. The molecule has 94 valence electrons. The summed E-state index contributed by atoms with van der Waals surface area (Å²) >= 11 is 0. The molecular weight excluding hydrogens is 218 g/mol. The van der Waals surface area contributed by atoms with Gasteiger partial charge in [0, 0.05) is 6.54 Å². The number of carbonyl (C=O) groups is 1.